The van der Waals surface area contributed by atoms with E-state index >= 15 is 0 Å². The maximum atomic E-state index is 13.8. The van der Waals surface area contributed by atoms with Crippen LogP contribution in [0.1, 0.15) is 5.56 Å². The van der Waals surface area contributed by atoms with E-state index in [1.165, 1.54) is 25.3 Å². The van der Waals surface area contributed by atoms with E-state index in [-0.39, 0.29) is 10.5 Å². The predicted octanol–water partition coefficient (Wildman–Crippen LogP) is 6.71. The number of hydrogen-bond acceptors (Lipinski definition) is 6. The first-order valence-corrected chi connectivity index (χ1v) is 14.4. The first kappa shape index (κ1) is 24.8. The average Bonchev–Trinajstić information content (AvgIpc) is 2.92. The van der Waals surface area contributed by atoms with Crippen molar-refractivity contribution in [3.8, 4) is 5.75 Å². The third-order valence-electron chi connectivity index (χ3n) is 5.88. The maximum Gasteiger partial charge on any atom is 0.339 e. The van der Waals surface area contributed by atoms with E-state index in [1.807, 2.05) is 67.6 Å². The molecule has 0 radical (unpaired) electrons. The summed E-state index contributed by atoms with van der Waals surface area (Å²) in [4.78, 5) is 14.2. The summed E-state index contributed by atoms with van der Waals surface area (Å²) < 4.78 is 44.8. The van der Waals surface area contributed by atoms with Crippen LogP contribution in [0.4, 0.5) is 0 Å². The first-order chi connectivity index (χ1) is 17.8. The zero-order valence-electron chi connectivity index (χ0n) is 20.2. The van der Waals surface area contributed by atoms with Gasteiger partial charge in [0.05, 0.1) is 23.5 Å². The summed E-state index contributed by atoms with van der Waals surface area (Å²) in [6.07, 6.45) is 0. The minimum absolute atomic E-state index is 0.0517. The van der Waals surface area contributed by atoms with Crippen molar-refractivity contribution in [3.05, 3.63) is 125 Å². The van der Waals surface area contributed by atoms with Crippen molar-refractivity contribution < 1.29 is 21.2 Å². The van der Waals surface area contributed by atoms with Crippen LogP contribution in [0.25, 0.3) is 11.0 Å². The number of benzene rings is 4. The number of methoxy groups -OCH3 is 1. The second-order valence-electron chi connectivity index (χ2n) is 8.31. The molecule has 0 aliphatic carbocycles. The average molecular weight is 533 g/mol. The molecular weight excluding hydrogens is 508 g/mol. The monoisotopic (exact) mass is 532 g/mol. The van der Waals surface area contributed by atoms with Gasteiger partial charge in [-0.3, -0.25) is 0 Å². The molecule has 188 valence electrons. The third kappa shape index (κ3) is 4.67. The van der Waals surface area contributed by atoms with Gasteiger partial charge >= 0.3 is 15.7 Å². The molecule has 0 unspecified atom stereocenters. The minimum Gasteiger partial charge on any atom is -0.496 e. The Hall–Kier alpha value is -3.85. The molecule has 37 heavy (non-hydrogen) atoms. The molecule has 5 rings (SSSR count). The molecule has 8 heteroatoms. The van der Waals surface area contributed by atoms with Gasteiger partial charge in [0.25, 0.3) is 0 Å². The van der Waals surface area contributed by atoms with Gasteiger partial charge < -0.3 is 9.15 Å². The predicted molar refractivity (Wildman–Crippen MR) is 144 cm³/mol. The number of hydrogen-bond donors (Lipinski definition) is 0. The van der Waals surface area contributed by atoms with Crippen LogP contribution in [0, 0.1) is 6.92 Å². The molecule has 4 aromatic carbocycles. The number of rotatable bonds is 7. The molecule has 0 atom stereocenters. The molecule has 5 aromatic rings. The van der Waals surface area contributed by atoms with Crippen molar-refractivity contribution >= 4 is 31.4 Å². The topological polar surface area (TPSA) is 82.8 Å². The molecule has 0 N–H and O–H groups in total. The molecule has 6 nitrogen and oxygen atoms in total. The van der Waals surface area contributed by atoms with Crippen LogP contribution in [0.3, 0.4) is 0 Å². The van der Waals surface area contributed by atoms with E-state index in [0.29, 0.717) is 25.8 Å². The van der Waals surface area contributed by atoms with Gasteiger partial charge in [-0.25, -0.2) is 8.42 Å². The number of aryl methyl sites for hydroxylation is 1. The molecule has 1 aromatic heterocycles. The molecule has 0 amide bonds. The largest absolute Gasteiger partial charge is 0.496 e. The maximum absolute atomic E-state index is 13.8. The number of fused-ring (bicyclic) bond motifs is 1. The Balaban J connectivity index is 1.84. The summed E-state index contributed by atoms with van der Waals surface area (Å²) in [5.41, 5.74) is 0.624. The number of ether oxygens (including phenoxy) is 1. The normalized spacial score (nSPS) is 12.4. The summed E-state index contributed by atoms with van der Waals surface area (Å²) in [7, 11) is -5.62. The van der Waals surface area contributed by atoms with Gasteiger partial charge in [0.1, 0.15) is 11.3 Å². The molecule has 0 saturated carbocycles. The third-order valence-corrected chi connectivity index (χ3v) is 11.1. The van der Waals surface area contributed by atoms with E-state index in [0.717, 1.165) is 5.56 Å². The zero-order valence-corrected chi connectivity index (χ0v) is 21.8. The molecule has 0 aliphatic heterocycles. The van der Waals surface area contributed by atoms with Crippen LogP contribution in [0.15, 0.2) is 138 Å². The van der Waals surface area contributed by atoms with Crippen LogP contribution in [0.5, 0.6) is 5.75 Å². The zero-order chi connectivity index (χ0) is 26.0. The van der Waals surface area contributed by atoms with Gasteiger partial charge in [-0.2, -0.15) is 8.42 Å². The quantitative estimate of drug-likeness (QED) is 0.217. The lowest BCUT2D eigenvalue weighted by Crippen LogP contribution is -2.14. The Morgan fingerprint density at radius 1 is 0.676 bits per heavy atom. The Labute approximate surface area is 216 Å². The van der Waals surface area contributed by atoms with Crippen LogP contribution in [-0.4, -0.2) is 15.5 Å². The first-order valence-electron chi connectivity index (χ1n) is 11.4. The molecule has 0 aliphatic rings. The van der Waals surface area contributed by atoms with Crippen molar-refractivity contribution in [2.75, 3.05) is 7.11 Å². The molecule has 0 bridgehead atoms. The van der Waals surface area contributed by atoms with Gasteiger partial charge in [0, 0.05) is 14.7 Å². The van der Waals surface area contributed by atoms with Crippen LogP contribution in [0.2, 0.25) is 0 Å². The van der Waals surface area contributed by atoms with Gasteiger partial charge in [-0.05, 0) is 71.8 Å². The van der Waals surface area contributed by atoms with E-state index in [1.54, 1.807) is 30.3 Å². The summed E-state index contributed by atoms with van der Waals surface area (Å²) in [6.45, 7) is 1.89. The van der Waals surface area contributed by atoms with Gasteiger partial charge in [-0.1, -0.05) is 54.1 Å². The second kappa shape index (κ2) is 9.89. The highest BCUT2D eigenvalue weighted by Gasteiger charge is 2.38. The van der Waals surface area contributed by atoms with E-state index in [4.69, 9.17) is 12.8 Å². The highest BCUT2D eigenvalue weighted by atomic mass is 32.3. The standard InChI is InChI=1S/C29H24O6S2/c1-21-13-15-24(16-14-21)37(31,32)35-36(22-9-5-3-6-10-22,23-11-7-4-8-12-23)25-17-18-26-27(33-2)20-29(30)34-28(26)19-25/h3-20H,1-2H3. The molecule has 0 spiro atoms. The van der Waals surface area contributed by atoms with Gasteiger partial charge in [0.2, 0.25) is 0 Å². The summed E-state index contributed by atoms with van der Waals surface area (Å²) in [5, 5.41) is 0.585. The minimum atomic E-state index is -4.23. The summed E-state index contributed by atoms with van der Waals surface area (Å²) in [5.74, 6) is 0.367. The van der Waals surface area contributed by atoms with Crippen LogP contribution >= 0.6 is 10.3 Å². The Morgan fingerprint density at radius 2 is 1.24 bits per heavy atom. The molecule has 0 saturated heterocycles. The smallest absolute Gasteiger partial charge is 0.339 e. The Kier molecular flexibility index (Phi) is 6.64. The summed E-state index contributed by atoms with van der Waals surface area (Å²) in [6, 6.07) is 31.5. The van der Waals surface area contributed by atoms with Crippen molar-refractivity contribution in [1.29, 1.82) is 0 Å². The van der Waals surface area contributed by atoms with Crippen molar-refractivity contribution in [2.45, 2.75) is 26.5 Å². The van der Waals surface area contributed by atoms with Gasteiger partial charge in [0.15, 0.2) is 0 Å². The van der Waals surface area contributed by atoms with Crippen LogP contribution in [-0.2, 0) is 13.7 Å². The fourth-order valence-corrected chi connectivity index (χ4v) is 9.32. The molecule has 0 fully saturated rings. The SMILES string of the molecule is COc1cc(=O)oc2cc(S(OS(=O)(=O)c3ccc(C)cc3)(c3ccccc3)c3ccccc3)ccc12. The molecule has 1 heterocycles. The second-order valence-corrected chi connectivity index (χ2v) is 12.8. The highest BCUT2D eigenvalue weighted by Crippen LogP contribution is 2.70. The van der Waals surface area contributed by atoms with Crippen molar-refractivity contribution in [3.63, 3.8) is 0 Å². The van der Waals surface area contributed by atoms with E-state index in [2.05, 4.69) is 0 Å². The van der Waals surface area contributed by atoms with E-state index in [9.17, 15) is 13.2 Å². The summed E-state index contributed by atoms with van der Waals surface area (Å²) >= 11 is 0. The lowest BCUT2D eigenvalue weighted by molar-refractivity contribution is 0.413. The van der Waals surface area contributed by atoms with Crippen molar-refractivity contribution in [2.24, 2.45) is 0 Å². The van der Waals surface area contributed by atoms with E-state index < -0.39 is 26.1 Å². The van der Waals surface area contributed by atoms with Gasteiger partial charge in [-0.15, -0.1) is 0 Å². The highest BCUT2D eigenvalue weighted by molar-refractivity contribution is 8.33. The fourth-order valence-electron chi connectivity index (χ4n) is 4.09. The van der Waals surface area contributed by atoms with Crippen LogP contribution < -0.4 is 10.4 Å². The fraction of sp³-hybridized carbons (Fsp3) is 0.0690. The van der Waals surface area contributed by atoms with Crippen molar-refractivity contribution in [1.82, 2.24) is 0 Å². The Morgan fingerprint density at radius 3 is 1.81 bits per heavy atom. The lowest BCUT2D eigenvalue weighted by Gasteiger charge is -2.39. The Bertz CT molecular complexity index is 1670. The lowest BCUT2D eigenvalue weighted by atomic mass is 10.2. The molecular formula is C29H24O6S2.